The van der Waals surface area contributed by atoms with Gasteiger partial charge in [-0.15, -0.1) is 0 Å². The SMILES string of the molecule is O=C(C[C@H]1CCCN(c2cccc(Cl)c2)C1)c1ccc(Oc2cc3c(cc2Cl)C(C(=O)O)CCO3)cc1. The van der Waals surface area contributed by atoms with Gasteiger partial charge < -0.3 is 19.5 Å². The molecule has 2 heterocycles. The van der Waals surface area contributed by atoms with Crippen molar-refractivity contribution in [1.29, 1.82) is 0 Å². The van der Waals surface area contributed by atoms with Gasteiger partial charge in [0, 0.05) is 47.4 Å². The smallest absolute Gasteiger partial charge is 0.311 e. The highest BCUT2D eigenvalue weighted by Crippen LogP contribution is 2.42. The van der Waals surface area contributed by atoms with E-state index in [-0.39, 0.29) is 11.7 Å². The molecule has 5 rings (SSSR count). The first-order valence-corrected chi connectivity index (χ1v) is 13.1. The summed E-state index contributed by atoms with van der Waals surface area (Å²) in [4.78, 5) is 26.9. The lowest BCUT2D eigenvalue weighted by atomic mass is 9.90. The summed E-state index contributed by atoms with van der Waals surface area (Å²) in [5, 5.41) is 10.5. The molecule has 3 aromatic rings. The minimum atomic E-state index is -0.903. The molecule has 8 heteroatoms. The molecule has 0 saturated carbocycles. The molecule has 2 atom stereocenters. The van der Waals surface area contributed by atoms with Crippen molar-refractivity contribution in [2.45, 2.75) is 31.6 Å². The summed E-state index contributed by atoms with van der Waals surface area (Å²) in [7, 11) is 0. The van der Waals surface area contributed by atoms with Crippen molar-refractivity contribution < 1.29 is 24.2 Å². The highest BCUT2D eigenvalue weighted by Gasteiger charge is 2.29. The standard InChI is InChI=1S/C29H27Cl2NO5/c30-20-4-1-5-21(14-20)32-11-2-3-18(17-32)13-26(33)19-6-8-22(9-7-19)37-28-16-27-24(15-25(28)31)23(29(34)35)10-12-36-27/h1,4-9,14-16,18,23H,2-3,10-13,17H2,(H,34,35)/t18-,23?/m1/s1. The van der Waals surface area contributed by atoms with Crippen molar-refractivity contribution in [3.05, 3.63) is 81.8 Å². The van der Waals surface area contributed by atoms with Gasteiger partial charge in [-0.1, -0.05) is 29.3 Å². The highest BCUT2D eigenvalue weighted by molar-refractivity contribution is 6.32. The monoisotopic (exact) mass is 539 g/mol. The molecule has 3 aromatic carbocycles. The molecule has 37 heavy (non-hydrogen) atoms. The van der Waals surface area contributed by atoms with Crippen molar-refractivity contribution in [3.8, 4) is 17.2 Å². The molecule has 1 fully saturated rings. The maximum Gasteiger partial charge on any atom is 0.311 e. The Kier molecular flexibility index (Phi) is 7.58. The van der Waals surface area contributed by atoms with Crippen LogP contribution in [0.5, 0.6) is 17.2 Å². The first kappa shape index (κ1) is 25.4. The first-order valence-electron chi connectivity index (χ1n) is 12.4. The molecule has 0 aliphatic carbocycles. The maximum absolute atomic E-state index is 13.0. The van der Waals surface area contributed by atoms with Crippen LogP contribution in [0.1, 0.15) is 47.5 Å². The molecule has 1 saturated heterocycles. The van der Waals surface area contributed by atoms with Crippen LogP contribution in [0.4, 0.5) is 5.69 Å². The molecule has 2 aliphatic heterocycles. The van der Waals surface area contributed by atoms with E-state index in [1.807, 2.05) is 18.2 Å². The molecular weight excluding hydrogens is 513 g/mol. The average molecular weight is 540 g/mol. The molecule has 2 aliphatic rings. The lowest BCUT2D eigenvalue weighted by molar-refractivity contribution is -0.139. The van der Waals surface area contributed by atoms with Gasteiger partial charge in [0.2, 0.25) is 0 Å². The molecule has 0 amide bonds. The minimum Gasteiger partial charge on any atom is -0.493 e. The number of Topliss-reactive ketones (excluding diaryl/α,β-unsaturated/α-hetero) is 1. The fourth-order valence-electron chi connectivity index (χ4n) is 5.08. The predicted molar refractivity (Wildman–Crippen MR) is 144 cm³/mol. The summed E-state index contributed by atoms with van der Waals surface area (Å²) in [6.45, 7) is 2.11. The molecule has 6 nitrogen and oxygen atoms in total. The summed E-state index contributed by atoms with van der Waals surface area (Å²) >= 11 is 12.6. The van der Waals surface area contributed by atoms with Crippen molar-refractivity contribution in [3.63, 3.8) is 0 Å². The average Bonchev–Trinajstić information content (AvgIpc) is 2.89. The summed E-state index contributed by atoms with van der Waals surface area (Å²) in [6.07, 6.45) is 2.94. The van der Waals surface area contributed by atoms with Crippen molar-refractivity contribution in [2.75, 3.05) is 24.6 Å². The van der Waals surface area contributed by atoms with Gasteiger partial charge in [0.1, 0.15) is 17.2 Å². The number of carboxylic acids is 1. The van der Waals surface area contributed by atoms with Crippen molar-refractivity contribution in [1.82, 2.24) is 0 Å². The number of ether oxygens (including phenoxy) is 2. The Morgan fingerprint density at radius 3 is 2.62 bits per heavy atom. The van der Waals surface area contributed by atoms with Crippen LogP contribution >= 0.6 is 23.2 Å². The number of anilines is 1. The van der Waals surface area contributed by atoms with Crippen LogP contribution in [0.15, 0.2) is 60.7 Å². The third-order valence-corrected chi connectivity index (χ3v) is 7.50. The number of benzene rings is 3. The summed E-state index contributed by atoms with van der Waals surface area (Å²) in [5.41, 5.74) is 2.28. The van der Waals surface area contributed by atoms with E-state index in [1.54, 1.807) is 36.4 Å². The Balaban J connectivity index is 1.22. The highest BCUT2D eigenvalue weighted by atomic mass is 35.5. The van der Waals surface area contributed by atoms with Crippen LogP contribution < -0.4 is 14.4 Å². The molecular formula is C29H27Cl2NO5. The van der Waals surface area contributed by atoms with E-state index >= 15 is 0 Å². The number of hydrogen-bond donors (Lipinski definition) is 1. The molecule has 1 N–H and O–H groups in total. The second-order valence-electron chi connectivity index (χ2n) is 9.54. The van der Waals surface area contributed by atoms with Crippen LogP contribution in [0, 0.1) is 5.92 Å². The van der Waals surface area contributed by atoms with E-state index in [9.17, 15) is 14.7 Å². The zero-order valence-electron chi connectivity index (χ0n) is 20.2. The largest absolute Gasteiger partial charge is 0.493 e. The van der Waals surface area contributed by atoms with Crippen molar-refractivity contribution in [2.24, 2.45) is 5.92 Å². The molecule has 0 aromatic heterocycles. The Hall–Kier alpha value is -3.22. The van der Waals surface area contributed by atoms with Gasteiger partial charge in [-0.3, -0.25) is 9.59 Å². The normalized spacial score (nSPS) is 19.0. The molecule has 0 bridgehead atoms. The van der Waals surface area contributed by atoms with E-state index < -0.39 is 11.9 Å². The third kappa shape index (κ3) is 5.86. The molecule has 0 radical (unpaired) electrons. The van der Waals surface area contributed by atoms with Gasteiger partial charge in [-0.25, -0.2) is 0 Å². The van der Waals surface area contributed by atoms with E-state index in [0.717, 1.165) is 31.6 Å². The lowest BCUT2D eigenvalue weighted by Gasteiger charge is -2.34. The first-order chi connectivity index (χ1) is 17.9. The second kappa shape index (κ2) is 11.0. The van der Waals surface area contributed by atoms with Gasteiger partial charge in [-0.05, 0) is 73.7 Å². The number of carbonyl (C=O) groups is 2. The zero-order valence-corrected chi connectivity index (χ0v) is 21.7. The van der Waals surface area contributed by atoms with Crippen LogP contribution in [-0.2, 0) is 4.79 Å². The Morgan fingerprint density at radius 1 is 1.05 bits per heavy atom. The van der Waals surface area contributed by atoms with Gasteiger partial charge in [0.25, 0.3) is 0 Å². The minimum absolute atomic E-state index is 0.101. The Bertz CT molecular complexity index is 1310. The van der Waals surface area contributed by atoms with Crippen LogP contribution in [0.25, 0.3) is 0 Å². The van der Waals surface area contributed by atoms with Crippen LogP contribution in [-0.4, -0.2) is 36.6 Å². The fraction of sp³-hybridized carbons (Fsp3) is 0.310. The molecule has 192 valence electrons. The number of carbonyl (C=O) groups excluding carboxylic acids is 1. The van der Waals surface area contributed by atoms with E-state index in [0.29, 0.717) is 57.9 Å². The lowest BCUT2D eigenvalue weighted by Crippen LogP contribution is -2.36. The van der Waals surface area contributed by atoms with Crippen LogP contribution in [0.2, 0.25) is 10.0 Å². The third-order valence-electron chi connectivity index (χ3n) is 6.97. The van der Waals surface area contributed by atoms with Gasteiger partial charge in [0.15, 0.2) is 5.78 Å². The van der Waals surface area contributed by atoms with E-state index in [4.69, 9.17) is 32.7 Å². The number of aliphatic carboxylic acids is 1. The summed E-state index contributed by atoms with van der Waals surface area (Å²) in [5.74, 6) is 0.179. The number of rotatable bonds is 7. The van der Waals surface area contributed by atoms with Gasteiger partial charge >= 0.3 is 5.97 Å². The van der Waals surface area contributed by atoms with Gasteiger partial charge in [0.05, 0.1) is 17.5 Å². The number of nitrogens with zero attached hydrogens (tertiary/aromatic N) is 1. The zero-order chi connectivity index (χ0) is 25.9. The number of hydrogen-bond acceptors (Lipinski definition) is 5. The number of halogens is 2. The number of piperidine rings is 1. The maximum atomic E-state index is 13.0. The quantitative estimate of drug-likeness (QED) is 0.319. The Labute approximate surface area is 225 Å². The molecule has 0 spiro atoms. The van der Waals surface area contributed by atoms with Gasteiger partial charge in [-0.2, -0.15) is 0 Å². The van der Waals surface area contributed by atoms with E-state index in [2.05, 4.69) is 11.0 Å². The van der Waals surface area contributed by atoms with Crippen LogP contribution in [0.3, 0.4) is 0 Å². The predicted octanol–water partition coefficient (Wildman–Crippen LogP) is 7.23. The number of carboxylic acid groups (broad SMARTS) is 1. The molecule has 1 unspecified atom stereocenters. The fourth-order valence-corrected chi connectivity index (χ4v) is 5.47. The number of ketones is 1. The summed E-state index contributed by atoms with van der Waals surface area (Å²) in [6, 6.07) is 18.1. The summed E-state index contributed by atoms with van der Waals surface area (Å²) < 4.78 is 11.6. The number of fused-ring (bicyclic) bond motifs is 1. The second-order valence-corrected chi connectivity index (χ2v) is 10.4. The van der Waals surface area contributed by atoms with E-state index in [1.165, 1.54) is 0 Å². The Morgan fingerprint density at radius 2 is 1.86 bits per heavy atom. The van der Waals surface area contributed by atoms with Crippen molar-refractivity contribution >= 4 is 40.6 Å². The topological polar surface area (TPSA) is 76.1 Å².